The topological polar surface area (TPSA) is 106 Å². The number of benzene rings is 3. The highest BCUT2D eigenvalue weighted by Gasteiger charge is 2.29. The van der Waals surface area contributed by atoms with Gasteiger partial charge in [-0.1, -0.05) is 30.3 Å². The van der Waals surface area contributed by atoms with Crippen molar-refractivity contribution in [2.75, 3.05) is 23.8 Å². The average molecular weight is 574 g/mol. The number of hydrogen-bond donors (Lipinski definition) is 3. The summed E-state index contributed by atoms with van der Waals surface area (Å²) in [6.07, 6.45) is 0.719. The van der Waals surface area contributed by atoms with Gasteiger partial charge in [0.2, 0.25) is 0 Å². The second-order valence-electron chi connectivity index (χ2n) is 10.9. The number of ether oxygens (including phenoxy) is 2. The van der Waals surface area contributed by atoms with E-state index in [1.165, 1.54) is 12.1 Å². The van der Waals surface area contributed by atoms with Crippen LogP contribution in [0.15, 0.2) is 66.7 Å². The number of anilines is 2. The van der Waals surface area contributed by atoms with Crippen LogP contribution in [-0.2, 0) is 36.8 Å². The van der Waals surface area contributed by atoms with Gasteiger partial charge >= 0.3 is 11.9 Å². The Morgan fingerprint density at radius 3 is 2.43 bits per heavy atom. The van der Waals surface area contributed by atoms with E-state index in [4.69, 9.17) is 9.47 Å². The Hall–Kier alpha value is -4.50. The van der Waals surface area contributed by atoms with Crippen LogP contribution in [0.25, 0.3) is 11.3 Å². The van der Waals surface area contributed by atoms with E-state index >= 15 is 0 Å². The molecule has 42 heavy (non-hydrogen) atoms. The molecule has 0 bridgehead atoms. The Kier molecular flexibility index (Phi) is 9.75. The van der Waals surface area contributed by atoms with Crippen LogP contribution >= 0.6 is 0 Å². The Balaban J connectivity index is 1.58. The third-order valence-electron chi connectivity index (χ3n) is 6.36. The van der Waals surface area contributed by atoms with Crippen LogP contribution in [0, 0.1) is 5.82 Å². The number of amides is 1. The van der Waals surface area contributed by atoms with Gasteiger partial charge in [0.1, 0.15) is 11.4 Å². The predicted molar refractivity (Wildman–Crippen MR) is 161 cm³/mol. The lowest BCUT2D eigenvalue weighted by molar-refractivity contribution is -0.153. The number of carbonyl (C=O) groups is 3. The summed E-state index contributed by atoms with van der Waals surface area (Å²) in [5.41, 5.74) is 4.72. The highest BCUT2D eigenvalue weighted by Crippen LogP contribution is 2.38. The third kappa shape index (κ3) is 8.27. The normalized spacial score (nSPS) is 13.7. The smallest absolute Gasteiger partial charge is 0.320 e. The molecule has 3 N–H and O–H groups in total. The van der Waals surface area contributed by atoms with Gasteiger partial charge in [0.15, 0.2) is 0 Å². The second kappa shape index (κ2) is 13.4. The quantitative estimate of drug-likeness (QED) is 0.200. The molecule has 0 atom stereocenters. The minimum atomic E-state index is -0.538. The van der Waals surface area contributed by atoms with Crippen molar-refractivity contribution < 1.29 is 28.2 Å². The zero-order valence-electron chi connectivity index (χ0n) is 24.3. The largest absolute Gasteiger partial charge is 0.466 e. The minimum Gasteiger partial charge on any atom is -0.466 e. The van der Waals surface area contributed by atoms with Gasteiger partial charge in [-0.15, -0.1) is 0 Å². The molecule has 1 aliphatic heterocycles. The van der Waals surface area contributed by atoms with Gasteiger partial charge in [0.25, 0.3) is 5.91 Å². The van der Waals surface area contributed by atoms with Gasteiger partial charge < -0.3 is 25.4 Å². The number of halogens is 1. The average Bonchev–Trinajstić information content (AvgIpc) is 3.25. The van der Waals surface area contributed by atoms with Gasteiger partial charge in [0.05, 0.1) is 30.1 Å². The van der Waals surface area contributed by atoms with E-state index in [1.807, 2.05) is 69.3 Å². The number of fused-ring (bicyclic) bond motifs is 1. The number of esters is 2. The van der Waals surface area contributed by atoms with Crippen molar-refractivity contribution in [3.05, 3.63) is 94.8 Å². The van der Waals surface area contributed by atoms with Gasteiger partial charge in [-0.3, -0.25) is 14.4 Å². The SMILES string of the molecule is CCOC(=O)CCc1cccc(C(Nc2ccc(CNCC(=O)OC(C)(C)C)cc2)=C2C(=O)Nc3cc(F)ccc32)c1. The lowest BCUT2D eigenvalue weighted by Crippen LogP contribution is -2.31. The molecule has 4 rings (SSSR count). The van der Waals surface area contributed by atoms with E-state index in [0.717, 1.165) is 22.4 Å². The fourth-order valence-electron chi connectivity index (χ4n) is 4.57. The van der Waals surface area contributed by atoms with E-state index in [-0.39, 0.29) is 30.8 Å². The predicted octanol–water partition coefficient (Wildman–Crippen LogP) is 5.69. The molecule has 3 aromatic carbocycles. The highest BCUT2D eigenvalue weighted by molar-refractivity contribution is 6.37. The van der Waals surface area contributed by atoms with E-state index in [2.05, 4.69) is 16.0 Å². The Morgan fingerprint density at radius 1 is 0.952 bits per heavy atom. The van der Waals surface area contributed by atoms with Crippen molar-refractivity contribution in [3.8, 4) is 0 Å². The molecule has 0 fully saturated rings. The fraction of sp³-hybridized carbons (Fsp3) is 0.303. The Labute approximate surface area is 245 Å². The van der Waals surface area contributed by atoms with Crippen LogP contribution in [0.1, 0.15) is 56.4 Å². The maximum absolute atomic E-state index is 13.9. The van der Waals surface area contributed by atoms with Crippen molar-refractivity contribution in [1.29, 1.82) is 0 Å². The minimum absolute atomic E-state index is 0.0924. The summed E-state index contributed by atoms with van der Waals surface area (Å²) in [6, 6.07) is 19.4. The molecule has 0 radical (unpaired) electrons. The summed E-state index contributed by atoms with van der Waals surface area (Å²) in [6.45, 7) is 8.13. The van der Waals surface area contributed by atoms with Gasteiger partial charge in [-0.05, 0) is 87.2 Å². The molecule has 0 aliphatic carbocycles. The molecule has 9 heteroatoms. The summed E-state index contributed by atoms with van der Waals surface area (Å²) < 4.78 is 24.3. The third-order valence-corrected chi connectivity index (χ3v) is 6.36. The molecule has 1 amide bonds. The summed E-state index contributed by atoms with van der Waals surface area (Å²) >= 11 is 0. The van der Waals surface area contributed by atoms with Crippen LogP contribution in [-0.4, -0.2) is 36.6 Å². The van der Waals surface area contributed by atoms with Crippen LogP contribution in [0.5, 0.6) is 0 Å². The lowest BCUT2D eigenvalue weighted by atomic mass is 9.97. The molecule has 0 aromatic heterocycles. The second-order valence-corrected chi connectivity index (χ2v) is 10.9. The molecule has 3 aromatic rings. The van der Waals surface area contributed by atoms with Crippen molar-refractivity contribution in [3.63, 3.8) is 0 Å². The van der Waals surface area contributed by atoms with E-state index in [9.17, 15) is 18.8 Å². The molecule has 1 aliphatic rings. The van der Waals surface area contributed by atoms with Crippen molar-refractivity contribution in [2.24, 2.45) is 0 Å². The first-order chi connectivity index (χ1) is 20.0. The maximum atomic E-state index is 13.9. The van der Waals surface area contributed by atoms with Crippen LogP contribution in [0.2, 0.25) is 0 Å². The number of aryl methyl sites for hydroxylation is 1. The van der Waals surface area contributed by atoms with Gasteiger partial charge in [-0.2, -0.15) is 0 Å². The molecule has 0 spiro atoms. The molecule has 0 unspecified atom stereocenters. The molecule has 8 nitrogen and oxygen atoms in total. The standard InChI is InChI=1S/C33H36FN3O5/c1-5-41-28(38)16-11-21-7-6-8-23(17-21)31(30-26-15-12-24(34)18-27(26)37-32(30)40)36-25-13-9-22(10-14-25)19-35-20-29(39)42-33(2,3)4/h6-10,12-15,17-18,35-36H,5,11,16,19-20H2,1-4H3,(H,37,40). The Morgan fingerprint density at radius 2 is 1.71 bits per heavy atom. The lowest BCUT2D eigenvalue weighted by Gasteiger charge is -2.19. The zero-order chi connectivity index (χ0) is 30.3. The maximum Gasteiger partial charge on any atom is 0.320 e. The summed E-state index contributed by atoms with van der Waals surface area (Å²) in [5.74, 6) is -1.39. The fourth-order valence-corrected chi connectivity index (χ4v) is 4.57. The van der Waals surface area contributed by atoms with Crippen molar-refractivity contribution >= 4 is 40.5 Å². The van der Waals surface area contributed by atoms with Crippen LogP contribution in [0.3, 0.4) is 0 Å². The van der Waals surface area contributed by atoms with Crippen LogP contribution < -0.4 is 16.0 Å². The highest BCUT2D eigenvalue weighted by atomic mass is 19.1. The summed E-state index contributed by atoms with van der Waals surface area (Å²) in [7, 11) is 0. The Bertz CT molecular complexity index is 1490. The zero-order valence-corrected chi connectivity index (χ0v) is 24.3. The molecular weight excluding hydrogens is 537 g/mol. The molecule has 220 valence electrons. The number of hydrogen-bond acceptors (Lipinski definition) is 7. The molecule has 0 saturated carbocycles. The van der Waals surface area contributed by atoms with Crippen molar-refractivity contribution in [1.82, 2.24) is 5.32 Å². The van der Waals surface area contributed by atoms with E-state index in [1.54, 1.807) is 13.0 Å². The van der Waals surface area contributed by atoms with E-state index < -0.39 is 11.4 Å². The number of rotatable bonds is 11. The molecular formula is C33H36FN3O5. The van der Waals surface area contributed by atoms with E-state index in [0.29, 0.717) is 42.1 Å². The van der Waals surface area contributed by atoms with Gasteiger partial charge in [0, 0.05) is 24.2 Å². The number of carbonyl (C=O) groups excluding carboxylic acids is 3. The first-order valence-electron chi connectivity index (χ1n) is 13.9. The monoisotopic (exact) mass is 573 g/mol. The number of nitrogens with one attached hydrogen (secondary N) is 3. The summed E-state index contributed by atoms with van der Waals surface area (Å²) in [5, 5.41) is 9.26. The van der Waals surface area contributed by atoms with Crippen LogP contribution in [0.4, 0.5) is 15.8 Å². The first-order valence-corrected chi connectivity index (χ1v) is 13.9. The first kappa shape index (κ1) is 30.5. The molecule has 0 saturated heterocycles. The molecule has 1 heterocycles. The van der Waals surface area contributed by atoms with Crippen molar-refractivity contribution in [2.45, 2.75) is 52.7 Å². The van der Waals surface area contributed by atoms with Gasteiger partial charge in [-0.25, -0.2) is 4.39 Å². The summed E-state index contributed by atoms with van der Waals surface area (Å²) in [4.78, 5) is 37.1.